The maximum atomic E-state index is 14.1. The average Bonchev–Trinajstić information content (AvgIpc) is 2.95. The molecule has 0 aromatic heterocycles. The van der Waals surface area contributed by atoms with Gasteiger partial charge in [0.1, 0.15) is 18.3 Å². The number of carbonyl (C=O) groups excluding carboxylic acids is 2. The molecule has 1 N–H and O–H groups in total. The molecule has 0 aliphatic carbocycles. The third-order valence-corrected chi connectivity index (χ3v) is 8.77. The van der Waals surface area contributed by atoms with Gasteiger partial charge in [0, 0.05) is 18.1 Å². The fourth-order valence-corrected chi connectivity index (χ4v) is 5.88. The number of nitrogens with zero attached hydrogens (tertiary/aromatic N) is 2. The molecule has 8 nitrogen and oxygen atoms in total. The van der Waals surface area contributed by atoms with E-state index in [2.05, 4.69) is 5.32 Å². The molecule has 41 heavy (non-hydrogen) atoms. The van der Waals surface area contributed by atoms with E-state index in [1.54, 1.807) is 60.7 Å². The predicted molar refractivity (Wildman–Crippen MR) is 163 cm³/mol. The Balaban J connectivity index is 2.06. The Kier molecular flexibility index (Phi) is 11.2. The Morgan fingerprint density at radius 2 is 1.61 bits per heavy atom. The number of hydrogen-bond donors (Lipinski definition) is 1. The quantitative estimate of drug-likeness (QED) is 0.283. The number of methoxy groups -OCH3 is 1. The van der Waals surface area contributed by atoms with Gasteiger partial charge >= 0.3 is 0 Å². The van der Waals surface area contributed by atoms with Gasteiger partial charge in [0.15, 0.2) is 0 Å². The monoisotopic (exact) mass is 599 g/mol. The number of rotatable bonds is 13. The van der Waals surface area contributed by atoms with Crippen molar-refractivity contribution < 1.29 is 22.7 Å². The minimum Gasteiger partial charge on any atom is -0.497 e. The lowest BCUT2D eigenvalue weighted by atomic mass is 10.1. The summed E-state index contributed by atoms with van der Waals surface area (Å²) in [6.45, 7) is 7.60. The van der Waals surface area contributed by atoms with Crippen LogP contribution in [-0.4, -0.2) is 51.4 Å². The number of ether oxygens (including phenoxy) is 1. The van der Waals surface area contributed by atoms with E-state index in [-0.39, 0.29) is 29.0 Å². The third-order valence-electron chi connectivity index (χ3n) is 6.62. The van der Waals surface area contributed by atoms with Crippen molar-refractivity contribution in [2.24, 2.45) is 5.92 Å². The summed E-state index contributed by atoms with van der Waals surface area (Å²) in [7, 11) is -2.64. The summed E-state index contributed by atoms with van der Waals surface area (Å²) in [5.41, 5.74) is 1.84. The van der Waals surface area contributed by atoms with Crippen LogP contribution in [0.5, 0.6) is 5.75 Å². The van der Waals surface area contributed by atoms with Crippen molar-refractivity contribution in [1.82, 2.24) is 10.2 Å². The van der Waals surface area contributed by atoms with Gasteiger partial charge in [-0.05, 0) is 67.3 Å². The lowest BCUT2D eigenvalue weighted by Crippen LogP contribution is -2.52. The number of sulfonamides is 1. The van der Waals surface area contributed by atoms with Crippen LogP contribution < -0.4 is 14.4 Å². The second kappa shape index (κ2) is 14.4. The smallest absolute Gasteiger partial charge is 0.264 e. The zero-order valence-corrected chi connectivity index (χ0v) is 25.7. The predicted octanol–water partition coefficient (Wildman–Crippen LogP) is 5.43. The van der Waals surface area contributed by atoms with E-state index < -0.39 is 28.5 Å². The van der Waals surface area contributed by atoms with E-state index in [1.165, 1.54) is 24.1 Å². The molecule has 10 heteroatoms. The van der Waals surface area contributed by atoms with Crippen molar-refractivity contribution in [3.8, 4) is 5.75 Å². The number of aryl methyl sites for hydroxylation is 1. The Labute approximate surface area is 248 Å². The zero-order valence-electron chi connectivity index (χ0n) is 24.1. The summed E-state index contributed by atoms with van der Waals surface area (Å²) in [6, 6.07) is 19.1. The van der Waals surface area contributed by atoms with Gasteiger partial charge in [-0.25, -0.2) is 8.42 Å². The molecule has 1 atom stereocenters. The van der Waals surface area contributed by atoms with E-state index >= 15 is 0 Å². The van der Waals surface area contributed by atoms with Crippen molar-refractivity contribution in [3.05, 3.63) is 88.9 Å². The maximum absolute atomic E-state index is 14.1. The Morgan fingerprint density at radius 3 is 2.17 bits per heavy atom. The molecule has 0 fully saturated rings. The van der Waals surface area contributed by atoms with E-state index in [1.807, 2.05) is 27.7 Å². The second-order valence-electron chi connectivity index (χ2n) is 10.2. The largest absolute Gasteiger partial charge is 0.497 e. The molecule has 1 unspecified atom stereocenters. The topological polar surface area (TPSA) is 96.0 Å². The van der Waals surface area contributed by atoms with Crippen LogP contribution in [0.2, 0.25) is 5.02 Å². The van der Waals surface area contributed by atoms with Crippen molar-refractivity contribution in [3.63, 3.8) is 0 Å². The van der Waals surface area contributed by atoms with E-state index in [4.69, 9.17) is 16.3 Å². The number of amides is 2. The fraction of sp³-hybridized carbons (Fsp3) is 0.355. The van der Waals surface area contributed by atoms with Gasteiger partial charge in [0.05, 0.1) is 17.7 Å². The molecular weight excluding hydrogens is 562 g/mol. The first-order chi connectivity index (χ1) is 19.5. The Bertz CT molecular complexity index is 1430. The summed E-state index contributed by atoms with van der Waals surface area (Å²) < 4.78 is 34.2. The van der Waals surface area contributed by atoms with Crippen molar-refractivity contribution in [2.75, 3.05) is 24.5 Å². The number of anilines is 1. The first-order valence-corrected chi connectivity index (χ1v) is 15.3. The molecular formula is C31H38ClN3O5S. The van der Waals surface area contributed by atoms with Crippen molar-refractivity contribution >= 4 is 39.1 Å². The van der Waals surface area contributed by atoms with Gasteiger partial charge in [0.25, 0.3) is 10.0 Å². The van der Waals surface area contributed by atoms with Crippen LogP contribution in [0.4, 0.5) is 5.69 Å². The second-order valence-corrected chi connectivity index (χ2v) is 12.5. The normalized spacial score (nSPS) is 12.1. The molecule has 2 amide bonds. The number of hydrogen-bond acceptors (Lipinski definition) is 5. The summed E-state index contributed by atoms with van der Waals surface area (Å²) in [6.07, 6.45) is 0.327. The van der Waals surface area contributed by atoms with E-state index in [9.17, 15) is 18.0 Å². The summed E-state index contributed by atoms with van der Waals surface area (Å²) in [4.78, 5) is 28.9. The lowest BCUT2D eigenvalue weighted by molar-refractivity contribution is -0.140. The summed E-state index contributed by atoms with van der Waals surface area (Å²) in [5.74, 6) is -0.0858. The van der Waals surface area contributed by atoms with Crippen molar-refractivity contribution in [1.29, 1.82) is 0 Å². The molecule has 0 spiro atoms. The summed E-state index contributed by atoms with van der Waals surface area (Å²) in [5, 5.41) is 3.36. The highest BCUT2D eigenvalue weighted by atomic mass is 35.5. The molecule has 0 radical (unpaired) electrons. The van der Waals surface area contributed by atoms with Crippen LogP contribution >= 0.6 is 11.6 Å². The fourth-order valence-electron chi connectivity index (χ4n) is 4.27. The number of carbonyl (C=O) groups is 2. The lowest BCUT2D eigenvalue weighted by Gasteiger charge is -2.33. The molecule has 0 saturated heterocycles. The van der Waals surface area contributed by atoms with Gasteiger partial charge in [-0.2, -0.15) is 0 Å². The number of benzene rings is 3. The standard InChI is InChI=1S/C31H38ClN3O5S/c1-6-29(31(37)33-19-22(2)3)34(20-24-9-7-8-10-28(24)32)30(36)21-35(25-13-15-26(40-5)16-14-25)41(38,39)27-17-11-23(4)12-18-27/h7-18,22,29H,6,19-21H2,1-5H3,(H,33,37). The Hall–Kier alpha value is -3.56. The SMILES string of the molecule is CCC(C(=O)NCC(C)C)N(Cc1ccccc1Cl)C(=O)CN(c1ccc(OC)cc1)S(=O)(=O)c1ccc(C)cc1. The highest BCUT2D eigenvalue weighted by Crippen LogP contribution is 2.27. The molecule has 0 aliphatic heterocycles. The molecule has 0 saturated carbocycles. The van der Waals surface area contributed by atoms with E-state index in [0.29, 0.717) is 29.3 Å². The van der Waals surface area contributed by atoms with Gasteiger partial charge in [-0.15, -0.1) is 0 Å². The molecule has 3 aromatic rings. The van der Waals surface area contributed by atoms with Crippen molar-refractivity contribution in [2.45, 2.75) is 51.6 Å². The molecule has 3 aromatic carbocycles. The zero-order chi connectivity index (χ0) is 30.2. The highest BCUT2D eigenvalue weighted by molar-refractivity contribution is 7.92. The molecule has 3 rings (SSSR count). The maximum Gasteiger partial charge on any atom is 0.264 e. The molecule has 220 valence electrons. The number of nitrogens with one attached hydrogen (secondary N) is 1. The highest BCUT2D eigenvalue weighted by Gasteiger charge is 2.34. The first kappa shape index (κ1) is 32.0. The number of halogens is 1. The van der Waals surface area contributed by atoms with Crippen LogP contribution in [0.1, 0.15) is 38.3 Å². The van der Waals surface area contributed by atoms with Crippen LogP contribution in [0.3, 0.4) is 0 Å². The van der Waals surface area contributed by atoms with E-state index in [0.717, 1.165) is 9.87 Å². The first-order valence-electron chi connectivity index (χ1n) is 13.5. The minimum absolute atomic E-state index is 0.0349. The van der Waals surface area contributed by atoms with Gasteiger partial charge in [-0.1, -0.05) is 68.3 Å². The molecule has 0 heterocycles. The van der Waals surface area contributed by atoms with Gasteiger partial charge < -0.3 is 15.0 Å². The van der Waals surface area contributed by atoms with Crippen LogP contribution in [0.25, 0.3) is 0 Å². The minimum atomic E-state index is -4.16. The average molecular weight is 600 g/mol. The van der Waals surface area contributed by atoms with Crippen LogP contribution in [0.15, 0.2) is 77.7 Å². The van der Waals surface area contributed by atoms with Gasteiger partial charge in [-0.3, -0.25) is 13.9 Å². The van der Waals surface area contributed by atoms with Crippen LogP contribution in [0, 0.1) is 12.8 Å². The molecule has 0 aliphatic rings. The van der Waals surface area contributed by atoms with Crippen LogP contribution in [-0.2, 0) is 26.2 Å². The summed E-state index contributed by atoms with van der Waals surface area (Å²) >= 11 is 6.44. The molecule has 0 bridgehead atoms. The third kappa shape index (κ3) is 8.24. The Morgan fingerprint density at radius 1 is 0.976 bits per heavy atom. The van der Waals surface area contributed by atoms with Gasteiger partial charge in [0.2, 0.25) is 11.8 Å².